The third-order valence-electron chi connectivity index (χ3n) is 5.99. The van der Waals surface area contributed by atoms with E-state index in [4.69, 9.17) is 0 Å². The van der Waals surface area contributed by atoms with E-state index in [1.54, 1.807) is 0 Å². The standard InChI is InChI=1S/C23H34N2O2/c1-16-10-17(2)13-24(12-16)22(26)21(20-8-6-5-7-9-20)23(27)25-14-18(3)11-19(4)15-25/h5-9,16-19,21H,10-15H2,1-4H3. The Morgan fingerprint density at radius 1 is 0.741 bits per heavy atom. The maximum absolute atomic E-state index is 13.5. The van der Waals surface area contributed by atoms with Crippen LogP contribution in [-0.4, -0.2) is 47.8 Å². The highest BCUT2D eigenvalue weighted by Crippen LogP contribution is 2.29. The number of likely N-dealkylation sites (tertiary alicyclic amines) is 2. The molecule has 4 heteroatoms. The summed E-state index contributed by atoms with van der Waals surface area (Å²) in [4.78, 5) is 30.9. The monoisotopic (exact) mass is 370 g/mol. The molecule has 0 bridgehead atoms. The van der Waals surface area contributed by atoms with Gasteiger partial charge in [0.15, 0.2) is 0 Å². The van der Waals surface area contributed by atoms with Gasteiger partial charge in [-0.25, -0.2) is 0 Å². The maximum Gasteiger partial charge on any atom is 0.239 e. The number of carbonyl (C=O) groups is 2. The topological polar surface area (TPSA) is 40.6 Å². The molecule has 1 aromatic rings. The molecule has 2 saturated heterocycles. The van der Waals surface area contributed by atoms with Gasteiger partial charge in [0.05, 0.1) is 0 Å². The summed E-state index contributed by atoms with van der Waals surface area (Å²) >= 11 is 0. The van der Waals surface area contributed by atoms with Gasteiger partial charge in [-0.2, -0.15) is 0 Å². The Bertz CT molecular complexity index is 602. The second-order valence-electron chi connectivity index (χ2n) is 9.22. The molecule has 27 heavy (non-hydrogen) atoms. The number of amides is 2. The number of piperidine rings is 2. The van der Waals surface area contributed by atoms with Gasteiger partial charge >= 0.3 is 0 Å². The van der Waals surface area contributed by atoms with Crippen LogP contribution in [0, 0.1) is 23.7 Å². The van der Waals surface area contributed by atoms with Gasteiger partial charge in [0.1, 0.15) is 5.92 Å². The molecular weight excluding hydrogens is 336 g/mol. The Morgan fingerprint density at radius 2 is 1.11 bits per heavy atom. The van der Waals surface area contributed by atoms with Crippen molar-refractivity contribution in [2.75, 3.05) is 26.2 Å². The molecule has 0 aromatic heterocycles. The zero-order valence-electron chi connectivity index (χ0n) is 17.2. The van der Waals surface area contributed by atoms with Crippen LogP contribution in [0.3, 0.4) is 0 Å². The van der Waals surface area contributed by atoms with Gasteiger partial charge < -0.3 is 9.80 Å². The zero-order valence-corrected chi connectivity index (χ0v) is 17.2. The summed E-state index contributed by atoms with van der Waals surface area (Å²) in [5, 5.41) is 0. The minimum Gasteiger partial charge on any atom is -0.341 e. The first-order chi connectivity index (χ1) is 12.8. The highest BCUT2D eigenvalue weighted by Gasteiger charge is 2.39. The molecule has 0 radical (unpaired) electrons. The van der Waals surface area contributed by atoms with Gasteiger partial charge in [0.2, 0.25) is 11.8 Å². The van der Waals surface area contributed by atoms with Crippen molar-refractivity contribution in [1.82, 2.24) is 9.80 Å². The van der Waals surface area contributed by atoms with E-state index in [1.807, 2.05) is 40.1 Å². The van der Waals surface area contributed by atoms with Crippen LogP contribution in [0.5, 0.6) is 0 Å². The Labute approximate surface area is 163 Å². The van der Waals surface area contributed by atoms with Crippen LogP contribution >= 0.6 is 0 Å². The van der Waals surface area contributed by atoms with E-state index >= 15 is 0 Å². The second-order valence-corrected chi connectivity index (χ2v) is 9.22. The SMILES string of the molecule is CC1CC(C)CN(C(=O)C(C(=O)N2CC(C)CC(C)C2)c2ccccc2)C1. The van der Waals surface area contributed by atoms with E-state index < -0.39 is 5.92 Å². The predicted molar refractivity (Wildman–Crippen MR) is 108 cm³/mol. The molecule has 2 amide bonds. The number of nitrogens with zero attached hydrogens (tertiary/aromatic N) is 2. The van der Waals surface area contributed by atoms with Crippen molar-refractivity contribution >= 4 is 11.8 Å². The van der Waals surface area contributed by atoms with Gasteiger partial charge in [0.25, 0.3) is 0 Å². The summed E-state index contributed by atoms with van der Waals surface area (Å²) < 4.78 is 0. The molecule has 2 aliphatic rings. The fourth-order valence-electron chi connectivity index (χ4n) is 5.09. The molecule has 148 valence electrons. The number of carbonyl (C=O) groups excluding carboxylic acids is 2. The highest BCUT2D eigenvalue weighted by molar-refractivity contribution is 6.05. The highest BCUT2D eigenvalue weighted by atomic mass is 16.2. The third-order valence-corrected chi connectivity index (χ3v) is 5.99. The summed E-state index contributed by atoms with van der Waals surface area (Å²) in [6, 6.07) is 9.63. The van der Waals surface area contributed by atoms with Crippen LogP contribution in [0.4, 0.5) is 0 Å². The fraction of sp³-hybridized carbons (Fsp3) is 0.652. The van der Waals surface area contributed by atoms with E-state index in [-0.39, 0.29) is 11.8 Å². The molecule has 2 heterocycles. The van der Waals surface area contributed by atoms with E-state index in [1.165, 1.54) is 0 Å². The number of rotatable bonds is 3. The van der Waals surface area contributed by atoms with Crippen molar-refractivity contribution in [3.8, 4) is 0 Å². The van der Waals surface area contributed by atoms with Crippen LogP contribution in [0.15, 0.2) is 30.3 Å². The van der Waals surface area contributed by atoms with Crippen LogP contribution in [0.25, 0.3) is 0 Å². The summed E-state index contributed by atoms with van der Waals surface area (Å²) in [5.41, 5.74) is 0.823. The van der Waals surface area contributed by atoms with E-state index in [0.717, 1.165) is 44.6 Å². The number of hydrogen-bond acceptors (Lipinski definition) is 2. The largest absolute Gasteiger partial charge is 0.341 e. The molecule has 4 nitrogen and oxygen atoms in total. The van der Waals surface area contributed by atoms with Gasteiger partial charge in [-0.1, -0.05) is 58.0 Å². The molecule has 4 unspecified atom stereocenters. The van der Waals surface area contributed by atoms with Crippen molar-refractivity contribution in [3.05, 3.63) is 35.9 Å². The molecule has 4 atom stereocenters. The van der Waals surface area contributed by atoms with E-state index in [0.29, 0.717) is 23.7 Å². The van der Waals surface area contributed by atoms with Crippen LogP contribution in [-0.2, 0) is 9.59 Å². The molecule has 0 saturated carbocycles. The van der Waals surface area contributed by atoms with Crippen LogP contribution < -0.4 is 0 Å². The van der Waals surface area contributed by atoms with Gasteiger partial charge in [-0.15, -0.1) is 0 Å². The van der Waals surface area contributed by atoms with Crippen molar-refractivity contribution in [2.24, 2.45) is 23.7 Å². The van der Waals surface area contributed by atoms with Crippen molar-refractivity contribution in [3.63, 3.8) is 0 Å². The Hall–Kier alpha value is -1.84. The van der Waals surface area contributed by atoms with Crippen LogP contribution in [0.1, 0.15) is 52.0 Å². The Kier molecular flexibility index (Phi) is 6.23. The number of benzene rings is 1. The average molecular weight is 371 g/mol. The minimum absolute atomic E-state index is 0.0181. The Morgan fingerprint density at radius 3 is 1.48 bits per heavy atom. The first kappa shape index (κ1) is 19.9. The van der Waals surface area contributed by atoms with Crippen LogP contribution in [0.2, 0.25) is 0 Å². The molecule has 2 aliphatic heterocycles. The van der Waals surface area contributed by atoms with Gasteiger partial charge in [0, 0.05) is 26.2 Å². The Balaban J connectivity index is 1.87. The smallest absolute Gasteiger partial charge is 0.239 e. The summed E-state index contributed by atoms with van der Waals surface area (Å²) in [6.45, 7) is 11.8. The lowest BCUT2D eigenvalue weighted by Gasteiger charge is -2.40. The average Bonchev–Trinajstić information content (AvgIpc) is 2.61. The maximum atomic E-state index is 13.5. The van der Waals surface area contributed by atoms with Crippen molar-refractivity contribution < 1.29 is 9.59 Å². The van der Waals surface area contributed by atoms with Crippen molar-refractivity contribution in [1.29, 1.82) is 0 Å². The fourth-order valence-corrected chi connectivity index (χ4v) is 5.09. The molecule has 0 aliphatic carbocycles. The molecule has 0 N–H and O–H groups in total. The summed E-state index contributed by atoms with van der Waals surface area (Å²) in [5.74, 6) is 1.20. The normalized spacial score (nSPS) is 30.1. The number of hydrogen-bond donors (Lipinski definition) is 0. The van der Waals surface area contributed by atoms with Gasteiger partial charge in [-0.05, 0) is 42.1 Å². The lowest BCUT2D eigenvalue weighted by Crippen LogP contribution is -2.51. The quantitative estimate of drug-likeness (QED) is 0.760. The van der Waals surface area contributed by atoms with Gasteiger partial charge in [-0.3, -0.25) is 9.59 Å². The first-order valence-electron chi connectivity index (χ1n) is 10.5. The lowest BCUT2D eigenvalue weighted by atomic mass is 9.87. The molecule has 0 spiro atoms. The zero-order chi connectivity index (χ0) is 19.6. The second kappa shape index (κ2) is 8.45. The van der Waals surface area contributed by atoms with E-state index in [9.17, 15) is 9.59 Å². The lowest BCUT2D eigenvalue weighted by molar-refractivity contribution is -0.146. The third kappa shape index (κ3) is 4.72. The molecule has 3 rings (SSSR count). The molecular formula is C23H34N2O2. The van der Waals surface area contributed by atoms with E-state index in [2.05, 4.69) is 27.7 Å². The summed E-state index contributed by atoms with van der Waals surface area (Å²) in [7, 11) is 0. The minimum atomic E-state index is -0.707. The molecule has 2 fully saturated rings. The summed E-state index contributed by atoms with van der Waals surface area (Å²) in [6.07, 6.45) is 2.30. The molecule has 1 aromatic carbocycles. The predicted octanol–water partition coefficient (Wildman–Crippen LogP) is 3.78. The first-order valence-corrected chi connectivity index (χ1v) is 10.5. The van der Waals surface area contributed by atoms with Crippen molar-refractivity contribution in [2.45, 2.75) is 46.5 Å².